The van der Waals surface area contributed by atoms with Crippen molar-refractivity contribution in [2.24, 2.45) is 0 Å². The number of hydrogen-bond acceptors (Lipinski definition) is 6. The Labute approximate surface area is 235 Å². The van der Waals surface area contributed by atoms with E-state index in [4.69, 9.17) is 4.74 Å². The second-order valence-corrected chi connectivity index (χ2v) is 11.7. The number of rotatable bonds is 8. The van der Waals surface area contributed by atoms with E-state index in [2.05, 4.69) is 5.32 Å². The van der Waals surface area contributed by atoms with Gasteiger partial charge >= 0.3 is 6.18 Å². The molecule has 0 aliphatic carbocycles. The molecule has 1 heterocycles. The van der Waals surface area contributed by atoms with Crippen LogP contribution < -0.4 is 10.2 Å². The van der Waals surface area contributed by atoms with E-state index in [1.54, 1.807) is 19.1 Å². The highest BCUT2D eigenvalue weighted by Crippen LogP contribution is 2.32. The molecule has 1 unspecified atom stereocenters. The summed E-state index contributed by atoms with van der Waals surface area (Å²) < 4.78 is 68.7. The number of anilines is 1. The molecule has 0 spiro atoms. The summed E-state index contributed by atoms with van der Waals surface area (Å²) in [4.78, 5) is 27.3. The first-order valence-corrected chi connectivity index (χ1v) is 14.5. The predicted octanol–water partition coefficient (Wildman–Crippen LogP) is 4.46. The number of alkyl halides is 3. The molecule has 0 aromatic heterocycles. The lowest BCUT2D eigenvalue weighted by molar-refractivity contribution is -0.137. The molecular formula is C29H29F3N2O6S. The number of nitrogens with zero attached hydrogens (tertiary/aromatic N) is 1. The first-order chi connectivity index (χ1) is 19.4. The Bertz CT molecular complexity index is 1470. The quantitative estimate of drug-likeness (QED) is 0.401. The van der Waals surface area contributed by atoms with E-state index in [-0.39, 0.29) is 41.7 Å². The van der Waals surface area contributed by atoms with Crippen molar-refractivity contribution in [3.63, 3.8) is 0 Å². The molecule has 4 rings (SSSR count). The lowest BCUT2D eigenvalue weighted by atomic mass is 10.1. The van der Waals surface area contributed by atoms with Crippen molar-refractivity contribution in [2.75, 3.05) is 30.4 Å². The highest BCUT2D eigenvalue weighted by atomic mass is 32.2. The van der Waals surface area contributed by atoms with Crippen LogP contribution in [0.25, 0.3) is 0 Å². The van der Waals surface area contributed by atoms with Gasteiger partial charge < -0.3 is 20.1 Å². The van der Waals surface area contributed by atoms with Gasteiger partial charge in [0.25, 0.3) is 5.91 Å². The monoisotopic (exact) mass is 590 g/mol. The van der Waals surface area contributed by atoms with Crippen molar-refractivity contribution in [1.82, 2.24) is 5.32 Å². The molecule has 0 radical (unpaired) electrons. The number of amides is 2. The molecule has 3 aromatic carbocycles. The summed E-state index contributed by atoms with van der Waals surface area (Å²) in [6.07, 6.45) is -5.02. The minimum Gasteiger partial charge on any atom is -0.394 e. The third-order valence-electron chi connectivity index (χ3n) is 6.84. The summed E-state index contributed by atoms with van der Waals surface area (Å²) in [7, 11) is -3.39. The fourth-order valence-corrected chi connectivity index (χ4v) is 5.31. The van der Waals surface area contributed by atoms with Gasteiger partial charge in [0.05, 0.1) is 48.4 Å². The van der Waals surface area contributed by atoms with Crippen LogP contribution in [0.4, 0.5) is 18.9 Å². The molecule has 41 heavy (non-hydrogen) atoms. The first-order valence-electron chi connectivity index (χ1n) is 12.9. The van der Waals surface area contributed by atoms with E-state index in [0.717, 1.165) is 12.1 Å². The standard InChI is InChI=1S/C29H29F3N2O6S/c1-2-41(38,39)24-13-7-19(8-14-24)25(18-35)33-28(37)21-5-11-23(12-6-21)34-17-26(40-16-15-27(34)36)20-3-9-22(10-4-20)29(30,31)32/h3-14,25-26,35H,2,15-18H2,1H3,(H,33,37)/t25-,26?/m0/s1. The number of sulfone groups is 1. The number of aliphatic hydroxyl groups excluding tert-OH is 1. The number of carbonyl (C=O) groups is 2. The lowest BCUT2D eigenvalue weighted by Crippen LogP contribution is -2.33. The van der Waals surface area contributed by atoms with Crippen molar-refractivity contribution < 1.29 is 41.0 Å². The fourth-order valence-electron chi connectivity index (χ4n) is 4.42. The Balaban J connectivity index is 1.46. The summed E-state index contributed by atoms with van der Waals surface area (Å²) in [6, 6.07) is 16.0. The zero-order chi connectivity index (χ0) is 29.8. The molecule has 1 aliphatic rings. The zero-order valence-electron chi connectivity index (χ0n) is 22.1. The maximum absolute atomic E-state index is 12.9. The Kier molecular flexibility index (Phi) is 9.15. The molecular weight excluding hydrogens is 561 g/mol. The van der Waals surface area contributed by atoms with Crippen molar-refractivity contribution >= 4 is 27.3 Å². The molecule has 0 saturated carbocycles. The summed E-state index contributed by atoms with van der Waals surface area (Å²) in [5.41, 5.74) is 0.998. The van der Waals surface area contributed by atoms with E-state index in [1.165, 1.54) is 53.4 Å². The number of hydrogen-bond donors (Lipinski definition) is 2. The number of nitrogens with one attached hydrogen (secondary N) is 1. The average Bonchev–Trinajstić information content (AvgIpc) is 3.17. The van der Waals surface area contributed by atoms with Crippen molar-refractivity contribution in [1.29, 1.82) is 0 Å². The molecule has 2 atom stereocenters. The first kappa shape index (κ1) is 30.2. The van der Waals surface area contributed by atoms with Gasteiger partial charge in [-0.3, -0.25) is 9.59 Å². The second-order valence-electron chi connectivity index (χ2n) is 9.46. The van der Waals surface area contributed by atoms with Crippen molar-refractivity contribution in [3.8, 4) is 0 Å². The molecule has 0 bridgehead atoms. The van der Waals surface area contributed by atoms with Gasteiger partial charge in [0, 0.05) is 11.3 Å². The summed E-state index contributed by atoms with van der Waals surface area (Å²) in [5, 5.41) is 12.6. The topological polar surface area (TPSA) is 113 Å². The number of ether oxygens (including phenoxy) is 1. The molecule has 12 heteroatoms. The minimum atomic E-state index is -4.46. The molecule has 1 fully saturated rings. The van der Waals surface area contributed by atoms with E-state index >= 15 is 0 Å². The normalized spacial score (nSPS) is 17.1. The molecule has 2 amide bonds. The molecule has 218 valence electrons. The molecule has 1 aliphatic heterocycles. The highest BCUT2D eigenvalue weighted by molar-refractivity contribution is 7.91. The van der Waals surface area contributed by atoms with Gasteiger partial charge in [-0.15, -0.1) is 0 Å². The summed E-state index contributed by atoms with van der Waals surface area (Å²) in [5.74, 6) is -0.770. The number of halogens is 3. The molecule has 1 saturated heterocycles. The van der Waals surface area contributed by atoms with Gasteiger partial charge in [-0.25, -0.2) is 8.42 Å². The molecule has 2 N–H and O–H groups in total. The van der Waals surface area contributed by atoms with Crippen LogP contribution >= 0.6 is 0 Å². The van der Waals surface area contributed by atoms with Crippen LogP contribution in [0.5, 0.6) is 0 Å². The van der Waals surface area contributed by atoms with E-state index in [0.29, 0.717) is 16.8 Å². The van der Waals surface area contributed by atoms with Gasteiger partial charge in [-0.05, 0) is 59.7 Å². The Morgan fingerprint density at radius 3 is 2.24 bits per heavy atom. The van der Waals surface area contributed by atoms with Gasteiger partial charge in [0.15, 0.2) is 9.84 Å². The minimum absolute atomic E-state index is 0.0474. The fraction of sp³-hybridized carbons (Fsp3) is 0.310. The smallest absolute Gasteiger partial charge is 0.394 e. The van der Waals surface area contributed by atoms with Crippen molar-refractivity contribution in [3.05, 3.63) is 95.1 Å². The SMILES string of the molecule is CCS(=O)(=O)c1ccc([C@H](CO)NC(=O)c2ccc(N3CC(c4ccc(C(F)(F)F)cc4)OCCC3=O)cc2)cc1. The Morgan fingerprint density at radius 2 is 1.68 bits per heavy atom. The van der Waals surface area contributed by atoms with Gasteiger partial charge in [0.1, 0.15) is 6.10 Å². The lowest BCUT2D eigenvalue weighted by Gasteiger charge is -2.25. The van der Waals surface area contributed by atoms with Crippen LogP contribution in [0.2, 0.25) is 0 Å². The van der Waals surface area contributed by atoms with E-state index in [9.17, 15) is 36.3 Å². The van der Waals surface area contributed by atoms with Crippen LogP contribution in [0.15, 0.2) is 77.7 Å². The average molecular weight is 591 g/mol. The van der Waals surface area contributed by atoms with E-state index < -0.39 is 46.2 Å². The zero-order valence-corrected chi connectivity index (χ0v) is 22.9. The number of benzene rings is 3. The van der Waals surface area contributed by atoms with Crippen LogP contribution in [0, 0.1) is 0 Å². The number of carbonyl (C=O) groups excluding carboxylic acids is 2. The highest BCUT2D eigenvalue weighted by Gasteiger charge is 2.31. The van der Waals surface area contributed by atoms with Crippen molar-refractivity contribution in [2.45, 2.75) is 36.6 Å². The third kappa shape index (κ3) is 7.13. The van der Waals surface area contributed by atoms with Gasteiger partial charge in [0.2, 0.25) is 5.91 Å². The second kappa shape index (κ2) is 12.4. The van der Waals surface area contributed by atoms with Gasteiger partial charge in [-0.1, -0.05) is 31.2 Å². The van der Waals surface area contributed by atoms with Crippen LogP contribution in [-0.4, -0.2) is 50.9 Å². The molecule has 3 aromatic rings. The van der Waals surface area contributed by atoms with Crippen LogP contribution in [0.1, 0.15) is 52.5 Å². The Hall–Kier alpha value is -3.74. The largest absolute Gasteiger partial charge is 0.416 e. The van der Waals surface area contributed by atoms with E-state index in [1.807, 2.05) is 0 Å². The predicted molar refractivity (Wildman–Crippen MR) is 145 cm³/mol. The Morgan fingerprint density at radius 1 is 1.05 bits per heavy atom. The summed E-state index contributed by atoms with van der Waals surface area (Å²) >= 11 is 0. The molecule has 8 nitrogen and oxygen atoms in total. The maximum atomic E-state index is 12.9. The third-order valence-corrected chi connectivity index (χ3v) is 8.60. The number of aliphatic hydroxyl groups is 1. The van der Waals surface area contributed by atoms with Crippen LogP contribution in [0.3, 0.4) is 0 Å². The maximum Gasteiger partial charge on any atom is 0.416 e. The summed E-state index contributed by atoms with van der Waals surface area (Å²) in [6.45, 7) is 1.30. The van der Waals surface area contributed by atoms with Crippen LogP contribution in [-0.2, 0) is 25.5 Å². The van der Waals surface area contributed by atoms with Gasteiger partial charge in [-0.2, -0.15) is 13.2 Å².